The second-order valence-corrected chi connectivity index (χ2v) is 5.81. The molecule has 84 valence electrons. The lowest BCUT2D eigenvalue weighted by molar-refractivity contribution is 0.191. The number of hydrogen-bond acceptors (Lipinski definition) is 3. The van der Waals surface area contributed by atoms with Gasteiger partial charge in [-0.25, -0.2) is 4.79 Å². The van der Waals surface area contributed by atoms with E-state index in [0.717, 1.165) is 0 Å². The van der Waals surface area contributed by atoms with E-state index in [1.807, 2.05) is 20.8 Å². The molecule has 0 aliphatic carbocycles. The van der Waals surface area contributed by atoms with Crippen molar-refractivity contribution in [2.75, 3.05) is 0 Å². The van der Waals surface area contributed by atoms with Gasteiger partial charge in [0.25, 0.3) is 0 Å². The van der Waals surface area contributed by atoms with E-state index < -0.39 is 6.09 Å². The first-order valence-electron chi connectivity index (χ1n) is 4.22. The van der Waals surface area contributed by atoms with Crippen molar-refractivity contribution >= 4 is 40.6 Å². The van der Waals surface area contributed by atoms with Crippen LogP contribution in [0.4, 0.5) is 4.79 Å². The number of ether oxygens (including phenoxy) is 1. The molecule has 1 amide bonds. The van der Waals surface area contributed by atoms with Gasteiger partial charge < -0.3 is 10.1 Å². The first-order valence-corrected chi connectivity index (χ1v) is 5.85. The van der Waals surface area contributed by atoms with Crippen molar-refractivity contribution in [1.29, 1.82) is 0 Å². The Labute approximate surface area is 102 Å². The van der Waals surface area contributed by atoms with Crippen molar-refractivity contribution in [2.24, 2.45) is 0 Å². The molecule has 0 aliphatic rings. The lowest BCUT2D eigenvalue weighted by Gasteiger charge is -2.19. The Kier molecular flexibility index (Phi) is 3.87. The van der Waals surface area contributed by atoms with E-state index in [1.165, 1.54) is 11.3 Å². The molecule has 0 saturated carbocycles. The predicted octanol–water partition coefficient (Wildman–Crippen LogP) is 3.94. The van der Waals surface area contributed by atoms with Crippen LogP contribution in [0, 0.1) is 0 Å². The van der Waals surface area contributed by atoms with Gasteiger partial charge >= 0.3 is 6.09 Å². The van der Waals surface area contributed by atoms with Gasteiger partial charge in [0.15, 0.2) is 5.75 Å². The number of hydrogen-bond donors (Lipinski definition) is 1. The Morgan fingerprint density at radius 1 is 1.47 bits per heavy atom. The van der Waals surface area contributed by atoms with Crippen LogP contribution in [0.5, 0.6) is 5.75 Å². The fraction of sp³-hybridized carbons (Fsp3) is 0.444. The van der Waals surface area contributed by atoms with Crippen LogP contribution in [0.25, 0.3) is 0 Å². The van der Waals surface area contributed by atoms with Crippen LogP contribution in [0.3, 0.4) is 0 Å². The van der Waals surface area contributed by atoms with E-state index >= 15 is 0 Å². The van der Waals surface area contributed by atoms with Crippen molar-refractivity contribution < 1.29 is 9.53 Å². The highest BCUT2D eigenvalue weighted by Crippen LogP contribution is 2.37. The van der Waals surface area contributed by atoms with Gasteiger partial charge in [-0.15, -0.1) is 11.3 Å². The summed E-state index contributed by atoms with van der Waals surface area (Å²) in [7, 11) is 0. The lowest BCUT2D eigenvalue weighted by atomic mass is 10.1. The molecule has 0 radical (unpaired) electrons. The van der Waals surface area contributed by atoms with Crippen LogP contribution in [-0.2, 0) is 0 Å². The van der Waals surface area contributed by atoms with E-state index in [9.17, 15) is 4.79 Å². The zero-order valence-corrected chi connectivity index (χ0v) is 10.9. The number of carbonyl (C=O) groups is 1. The molecule has 6 heteroatoms. The maximum Gasteiger partial charge on any atom is 0.413 e. The number of carbonyl (C=O) groups excluding carboxylic acids is 1. The number of amides is 1. The molecule has 1 rings (SSSR count). The molecule has 1 aromatic heterocycles. The number of nitrogens with one attached hydrogen (secondary N) is 1. The number of rotatable bonds is 1. The second-order valence-electron chi connectivity index (χ2n) is 3.95. The molecule has 0 aromatic carbocycles. The molecular weight excluding hydrogens is 257 g/mol. The van der Waals surface area contributed by atoms with Gasteiger partial charge in [0.1, 0.15) is 9.36 Å². The Bertz CT molecular complexity index is 371. The third kappa shape index (κ3) is 3.89. The van der Waals surface area contributed by atoms with Crippen LogP contribution in [0.15, 0.2) is 5.38 Å². The Hall–Kier alpha value is -0.450. The second kappa shape index (κ2) is 4.60. The standard InChI is InChI=1S/C9H11Cl2NO2S/c1-9(2,3)12-8(13)14-5-4-15-7(11)6(5)10/h4H,1-3H3,(H,12,13). The summed E-state index contributed by atoms with van der Waals surface area (Å²) < 4.78 is 5.40. The summed E-state index contributed by atoms with van der Waals surface area (Å²) in [6.07, 6.45) is -0.543. The van der Waals surface area contributed by atoms with Crippen molar-refractivity contribution in [3.63, 3.8) is 0 Å². The van der Waals surface area contributed by atoms with E-state index in [0.29, 0.717) is 4.34 Å². The smallest absolute Gasteiger partial charge is 0.408 e. The third-order valence-corrected chi connectivity index (χ3v) is 3.12. The summed E-state index contributed by atoms with van der Waals surface area (Å²) in [5, 5.41) is 4.51. The highest BCUT2D eigenvalue weighted by Gasteiger charge is 2.17. The predicted molar refractivity (Wildman–Crippen MR) is 63.3 cm³/mol. The van der Waals surface area contributed by atoms with Gasteiger partial charge in [0.05, 0.1) is 0 Å². The molecule has 0 unspecified atom stereocenters. The normalized spacial score (nSPS) is 11.3. The molecule has 1 heterocycles. The number of halogens is 2. The molecule has 1 aromatic rings. The van der Waals surface area contributed by atoms with Crippen LogP contribution >= 0.6 is 34.5 Å². The summed E-state index contributed by atoms with van der Waals surface area (Å²) in [4.78, 5) is 11.4. The highest BCUT2D eigenvalue weighted by molar-refractivity contribution is 7.15. The summed E-state index contributed by atoms with van der Waals surface area (Å²) in [6.45, 7) is 5.57. The van der Waals surface area contributed by atoms with E-state index in [2.05, 4.69) is 5.32 Å². The monoisotopic (exact) mass is 267 g/mol. The summed E-state index contributed by atoms with van der Waals surface area (Å²) in [5.74, 6) is 0.286. The van der Waals surface area contributed by atoms with E-state index in [4.69, 9.17) is 27.9 Å². The SMILES string of the molecule is CC(C)(C)NC(=O)Oc1csc(Cl)c1Cl. The molecule has 3 nitrogen and oxygen atoms in total. The molecule has 1 N–H and O–H groups in total. The Morgan fingerprint density at radius 3 is 2.47 bits per heavy atom. The molecular formula is C9H11Cl2NO2S. The fourth-order valence-electron chi connectivity index (χ4n) is 0.806. The molecule has 0 aliphatic heterocycles. The Balaban J connectivity index is 2.63. The maximum atomic E-state index is 11.4. The maximum absolute atomic E-state index is 11.4. The summed E-state index contributed by atoms with van der Waals surface area (Å²) >= 11 is 12.7. The zero-order chi connectivity index (χ0) is 11.6. The molecule has 0 saturated heterocycles. The first-order chi connectivity index (χ1) is 6.79. The molecule has 0 spiro atoms. The lowest BCUT2D eigenvalue weighted by Crippen LogP contribution is -2.42. The van der Waals surface area contributed by atoms with Gasteiger partial charge in [0, 0.05) is 10.9 Å². The van der Waals surface area contributed by atoms with Crippen LogP contribution in [-0.4, -0.2) is 11.6 Å². The molecule has 0 atom stereocenters. The Morgan fingerprint density at radius 2 is 2.07 bits per heavy atom. The van der Waals surface area contributed by atoms with Gasteiger partial charge in [-0.1, -0.05) is 23.2 Å². The molecule has 15 heavy (non-hydrogen) atoms. The highest BCUT2D eigenvalue weighted by atomic mass is 35.5. The zero-order valence-electron chi connectivity index (χ0n) is 8.56. The van der Waals surface area contributed by atoms with Crippen molar-refractivity contribution in [3.8, 4) is 5.75 Å². The van der Waals surface area contributed by atoms with Gasteiger partial charge in [-0.3, -0.25) is 0 Å². The summed E-state index contributed by atoms with van der Waals surface area (Å²) in [6, 6.07) is 0. The fourth-order valence-corrected chi connectivity index (χ4v) is 1.90. The minimum absolute atomic E-state index is 0.269. The van der Waals surface area contributed by atoms with E-state index in [1.54, 1.807) is 5.38 Å². The van der Waals surface area contributed by atoms with Gasteiger partial charge in [-0.05, 0) is 20.8 Å². The van der Waals surface area contributed by atoms with E-state index in [-0.39, 0.29) is 16.3 Å². The number of thiophene rings is 1. The topological polar surface area (TPSA) is 38.3 Å². The summed E-state index contributed by atoms with van der Waals surface area (Å²) in [5.41, 5.74) is -0.344. The van der Waals surface area contributed by atoms with Crippen LogP contribution in [0.1, 0.15) is 20.8 Å². The molecule has 0 fully saturated rings. The van der Waals surface area contributed by atoms with Crippen molar-refractivity contribution in [1.82, 2.24) is 5.32 Å². The minimum Gasteiger partial charge on any atom is -0.408 e. The molecule has 0 bridgehead atoms. The van der Waals surface area contributed by atoms with Gasteiger partial charge in [0.2, 0.25) is 0 Å². The first kappa shape index (κ1) is 12.6. The average molecular weight is 268 g/mol. The average Bonchev–Trinajstić information content (AvgIpc) is 2.32. The van der Waals surface area contributed by atoms with Crippen LogP contribution in [0.2, 0.25) is 9.36 Å². The quantitative estimate of drug-likeness (QED) is 0.837. The van der Waals surface area contributed by atoms with Crippen molar-refractivity contribution in [3.05, 3.63) is 14.7 Å². The van der Waals surface area contributed by atoms with Crippen LogP contribution < -0.4 is 10.1 Å². The van der Waals surface area contributed by atoms with Crippen molar-refractivity contribution in [2.45, 2.75) is 26.3 Å². The third-order valence-electron chi connectivity index (χ3n) is 1.34. The van der Waals surface area contributed by atoms with Gasteiger partial charge in [-0.2, -0.15) is 0 Å². The largest absolute Gasteiger partial charge is 0.413 e. The minimum atomic E-state index is -0.543.